The number of non-ortho nitro benzene ring substituents is 1. The molecule has 0 unspecified atom stereocenters. The normalized spacial score (nSPS) is 14.0. The molecule has 0 radical (unpaired) electrons. The summed E-state index contributed by atoms with van der Waals surface area (Å²) in [6.45, 7) is 6.56. The van der Waals surface area contributed by atoms with Gasteiger partial charge in [-0.1, -0.05) is 38.1 Å². The molecular formula is C28H25BrN2O6. The number of nitro benzene ring substituents is 1. The van der Waals surface area contributed by atoms with Crippen molar-refractivity contribution in [2.24, 2.45) is 4.99 Å². The lowest BCUT2D eigenvalue weighted by atomic mass is 10.0. The Balaban J connectivity index is 1.58. The molecule has 0 aliphatic carbocycles. The number of rotatable bonds is 9. The third-order valence-corrected chi connectivity index (χ3v) is 6.17. The second kappa shape index (κ2) is 11.4. The van der Waals surface area contributed by atoms with E-state index in [4.69, 9.17) is 14.2 Å². The van der Waals surface area contributed by atoms with Crippen molar-refractivity contribution >= 4 is 39.6 Å². The van der Waals surface area contributed by atoms with Crippen LogP contribution < -0.4 is 9.47 Å². The van der Waals surface area contributed by atoms with Gasteiger partial charge in [0.15, 0.2) is 17.2 Å². The van der Waals surface area contributed by atoms with Gasteiger partial charge < -0.3 is 14.2 Å². The highest BCUT2D eigenvalue weighted by atomic mass is 79.9. The first-order chi connectivity index (χ1) is 17.7. The summed E-state index contributed by atoms with van der Waals surface area (Å²) in [5.41, 5.74) is 3.37. The van der Waals surface area contributed by atoms with Crippen LogP contribution in [0.25, 0.3) is 6.08 Å². The fourth-order valence-corrected chi connectivity index (χ4v) is 4.26. The van der Waals surface area contributed by atoms with Gasteiger partial charge in [-0.15, -0.1) is 0 Å². The number of aliphatic imine (C=N–C) groups is 1. The third kappa shape index (κ3) is 6.24. The van der Waals surface area contributed by atoms with Gasteiger partial charge in [-0.05, 0) is 75.8 Å². The van der Waals surface area contributed by atoms with Gasteiger partial charge in [0, 0.05) is 17.7 Å². The number of benzene rings is 3. The molecule has 1 heterocycles. The van der Waals surface area contributed by atoms with Gasteiger partial charge in [0.2, 0.25) is 5.90 Å². The quantitative estimate of drug-likeness (QED) is 0.122. The molecule has 1 aliphatic heterocycles. The predicted molar refractivity (Wildman–Crippen MR) is 144 cm³/mol. The Morgan fingerprint density at radius 2 is 1.86 bits per heavy atom. The minimum Gasteiger partial charge on any atom is -0.490 e. The topological polar surface area (TPSA) is 100 Å². The summed E-state index contributed by atoms with van der Waals surface area (Å²) < 4.78 is 17.7. The van der Waals surface area contributed by atoms with E-state index in [0.29, 0.717) is 39.6 Å². The van der Waals surface area contributed by atoms with Crippen LogP contribution >= 0.6 is 15.9 Å². The molecule has 3 aromatic rings. The Kier molecular flexibility index (Phi) is 8.03. The second-order valence-electron chi connectivity index (χ2n) is 8.59. The Morgan fingerprint density at radius 1 is 1.11 bits per heavy atom. The van der Waals surface area contributed by atoms with Crippen LogP contribution in [0.1, 0.15) is 48.9 Å². The van der Waals surface area contributed by atoms with Crippen LogP contribution in [0.15, 0.2) is 75.8 Å². The van der Waals surface area contributed by atoms with E-state index in [1.165, 1.54) is 17.7 Å². The maximum absolute atomic E-state index is 12.5. The summed E-state index contributed by atoms with van der Waals surface area (Å²) in [5.74, 6) is 1.01. The number of carbonyl (C=O) groups excluding carboxylic acids is 1. The minimum atomic E-state index is -0.539. The predicted octanol–water partition coefficient (Wildman–Crippen LogP) is 6.80. The van der Waals surface area contributed by atoms with Crippen LogP contribution in [-0.4, -0.2) is 23.4 Å². The van der Waals surface area contributed by atoms with Gasteiger partial charge in [-0.2, -0.15) is 0 Å². The van der Waals surface area contributed by atoms with Gasteiger partial charge in [0.25, 0.3) is 5.69 Å². The molecule has 0 bridgehead atoms. The van der Waals surface area contributed by atoms with Crippen molar-refractivity contribution < 1.29 is 23.9 Å². The van der Waals surface area contributed by atoms with Crippen molar-refractivity contribution in [3.8, 4) is 11.5 Å². The number of nitro groups is 1. The average Bonchev–Trinajstić information content (AvgIpc) is 3.23. The lowest BCUT2D eigenvalue weighted by Gasteiger charge is -2.15. The number of hydrogen-bond acceptors (Lipinski definition) is 7. The molecule has 3 aromatic carbocycles. The molecule has 0 saturated heterocycles. The molecule has 4 rings (SSSR count). The van der Waals surface area contributed by atoms with E-state index in [2.05, 4.69) is 34.8 Å². The number of hydrogen-bond donors (Lipinski definition) is 0. The maximum Gasteiger partial charge on any atom is 0.363 e. The van der Waals surface area contributed by atoms with E-state index in [9.17, 15) is 14.9 Å². The number of esters is 1. The second-order valence-corrected chi connectivity index (χ2v) is 9.45. The molecule has 0 N–H and O–H groups in total. The highest BCUT2D eigenvalue weighted by Crippen LogP contribution is 2.38. The first-order valence-electron chi connectivity index (χ1n) is 11.7. The molecule has 0 fully saturated rings. The smallest absolute Gasteiger partial charge is 0.363 e. The molecule has 0 saturated carbocycles. The van der Waals surface area contributed by atoms with Crippen molar-refractivity contribution in [2.45, 2.75) is 33.3 Å². The average molecular weight is 565 g/mol. The zero-order valence-corrected chi connectivity index (χ0v) is 22.2. The van der Waals surface area contributed by atoms with Crippen LogP contribution in [-0.2, 0) is 16.1 Å². The first kappa shape index (κ1) is 26.1. The standard InChI is InChI=1S/C28H25BrN2O6/c1-4-35-25-15-19(13-23(29)26(25)36-16-18-6-5-7-22(12-18)31(33)34)14-24-28(32)37-27(30-24)21-10-8-20(9-11-21)17(2)3/h5-15,17H,4,16H2,1-3H3/b24-14-. The molecule has 0 amide bonds. The van der Waals surface area contributed by atoms with Gasteiger partial charge in [-0.3, -0.25) is 10.1 Å². The van der Waals surface area contributed by atoms with Gasteiger partial charge in [-0.25, -0.2) is 9.79 Å². The van der Waals surface area contributed by atoms with E-state index in [-0.39, 0.29) is 23.9 Å². The molecule has 8 nitrogen and oxygen atoms in total. The van der Waals surface area contributed by atoms with Crippen molar-refractivity contribution in [3.05, 3.63) is 103 Å². The number of ether oxygens (including phenoxy) is 3. The molecule has 0 atom stereocenters. The summed E-state index contributed by atoms with van der Waals surface area (Å²) in [5, 5.41) is 11.1. The Hall–Kier alpha value is -3.98. The van der Waals surface area contributed by atoms with E-state index in [0.717, 1.165) is 5.56 Å². The van der Waals surface area contributed by atoms with Crippen LogP contribution in [0.3, 0.4) is 0 Å². The van der Waals surface area contributed by atoms with Crippen LogP contribution in [0, 0.1) is 10.1 Å². The molecule has 0 aromatic heterocycles. The zero-order valence-electron chi connectivity index (χ0n) is 20.6. The molecule has 9 heteroatoms. The third-order valence-electron chi connectivity index (χ3n) is 5.58. The number of cyclic esters (lactones) is 1. The SMILES string of the molecule is CCOc1cc(/C=C2\N=C(c3ccc(C(C)C)cc3)OC2=O)cc(Br)c1OCc1cccc([N+](=O)[O-])c1. The van der Waals surface area contributed by atoms with Gasteiger partial charge in [0.1, 0.15) is 6.61 Å². The van der Waals surface area contributed by atoms with Crippen molar-refractivity contribution in [1.29, 1.82) is 0 Å². The summed E-state index contributed by atoms with van der Waals surface area (Å²) >= 11 is 3.52. The Morgan fingerprint density at radius 3 is 2.54 bits per heavy atom. The summed E-state index contributed by atoms with van der Waals surface area (Å²) in [6.07, 6.45) is 1.62. The molecule has 190 valence electrons. The highest BCUT2D eigenvalue weighted by Gasteiger charge is 2.25. The van der Waals surface area contributed by atoms with Crippen molar-refractivity contribution in [2.75, 3.05) is 6.61 Å². The summed E-state index contributed by atoms with van der Waals surface area (Å²) in [7, 11) is 0. The first-order valence-corrected chi connectivity index (χ1v) is 12.5. The van der Waals surface area contributed by atoms with E-state index in [1.807, 2.05) is 31.2 Å². The number of nitrogens with zero attached hydrogens (tertiary/aromatic N) is 2. The number of carbonyl (C=O) groups is 1. The molecular weight excluding hydrogens is 540 g/mol. The minimum absolute atomic E-state index is 0.00795. The molecule has 0 spiro atoms. The van der Waals surface area contributed by atoms with E-state index in [1.54, 1.807) is 30.3 Å². The summed E-state index contributed by atoms with van der Waals surface area (Å²) in [4.78, 5) is 27.5. The Bertz CT molecular complexity index is 1400. The highest BCUT2D eigenvalue weighted by molar-refractivity contribution is 9.10. The van der Waals surface area contributed by atoms with Crippen LogP contribution in [0.5, 0.6) is 11.5 Å². The van der Waals surface area contributed by atoms with Gasteiger partial charge >= 0.3 is 5.97 Å². The zero-order chi connectivity index (χ0) is 26.5. The number of halogens is 1. The maximum atomic E-state index is 12.5. The van der Waals surface area contributed by atoms with Gasteiger partial charge in [0.05, 0.1) is 16.0 Å². The van der Waals surface area contributed by atoms with Crippen LogP contribution in [0.2, 0.25) is 0 Å². The summed E-state index contributed by atoms with van der Waals surface area (Å²) in [6, 6.07) is 17.5. The molecule has 37 heavy (non-hydrogen) atoms. The van der Waals surface area contributed by atoms with E-state index < -0.39 is 10.9 Å². The fourth-order valence-electron chi connectivity index (χ4n) is 3.69. The molecule has 1 aliphatic rings. The Labute approximate surface area is 222 Å². The monoisotopic (exact) mass is 564 g/mol. The lowest BCUT2D eigenvalue weighted by molar-refractivity contribution is -0.384. The largest absolute Gasteiger partial charge is 0.490 e. The van der Waals surface area contributed by atoms with Crippen molar-refractivity contribution in [1.82, 2.24) is 0 Å². The lowest BCUT2D eigenvalue weighted by Crippen LogP contribution is -2.05. The fraction of sp³-hybridized carbons (Fsp3) is 0.214. The van der Waals surface area contributed by atoms with Crippen molar-refractivity contribution in [3.63, 3.8) is 0 Å². The van der Waals surface area contributed by atoms with E-state index >= 15 is 0 Å². The van der Waals surface area contributed by atoms with Crippen LogP contribution in [0.4, 0.5) is 5.69 Å².